The molecule has 0 atom stereocenters. The Morgan fingerprint density at radius 2 is 1.52 bits per heavy atom. The SMILES string of the molecule is O=C(C1CCC1)n1c(=O)n(S(=O)(=O)c2ccc3ccccc3c2)c2ccccc21. The van der Waals surface area contributed by atoms with Gasteiger partial charge in [-0.3, -0.25) is 4.79 Å². The zero-order chi connectivity index (χ0) is 20.2. The molecular weight excluding hydrogens is 388 g/mol. The number of hydrogen-bond donors (Lipinski definition) is 0. The first-order valence-electron chi connectivity index (χ1n) is 9.49. The summed E-state index contributed by atoms with van der Waals surface area (Å²) in [5.74, 6) is -0.555. The van der Waals surface area contributed by atoms with E-state index >= 15 is 0 Å². The molecule has 0 aliphatic heterocycles. The molecule has 1 fully saturated rings. The third-order valence-corrected chi connectivity index (χ3v) is 7.32. The van der Waals surface area contributed by atoms with Crippen LogP contribution in [0, 0.1) is 5.92 Å². The Kier molecular flexibility index (Phi) is 3.96. The number of rotatable bonds is 3. The third kappa shape index (κ3) is 2.65. The highest BCUT2D eigenvalue weighted by atomic mass is 32.2. The molecule has 1 aromatic heterocycles. The lowest BCUT2D eigenvalue weighted by Crippen LogP contribution is -2.37. The van der Waals surface area contributed by atoms with E-state index in [1.807, 2.05) is 24.3 Å². The number of carbonyl (C=O) groups excluding carboxylic acids is 1. The number of imidazole rings is 1. The van der Waals surface area contributed by atoms with Gasteiger partial charge in [0.2, 0.25) is 5.91 Å². The van der Waals surface area contributed by atoms with Gasteiger partial charge in [0.25, 0.3) is 10.0 Å². The molecule has 29 heavy (non-hydrogen) atoms. The summed E-state index contributed by atoms with van der Waals surface area (Å²) in [6.45, 7) is 0. The average molecular weight is 406 g/mol. The van der Waals surface area contributed by atoms with Crippen molar-refractivity contribution in [1.29, 1.82) is 0 Å². The second-order valence-corrected chi connectivity index (χ2v) is 9.14. The molecule has 6 nitrogen and oxygen atoms in total. The van der Waals surface area contributed by atoms with Gasteiger partial charge in [0, 0.05) is 5.92 Å². The molecule has 1 aliphatic carbocycles. The van der Waals surface area contributed by atoms with Gasteiger partial charge < -0.3 is 0 Å². The van der Waals surface area contributed by atoms with Crippen molar-refractivity contribution in [3.8, 4) is 0 Å². The Hall–Kier alpha value is -3.19. The Balaban J connectivity index is 1.76. The lowest BCUT2D eigenvalue weighted by Gasteiger charge is -2.23. The van der Waals surface area contributed by atoms with Gasteiger partial charge in [0.1, 0.15) is 0 Å². The Morgan fingerprint density at radius 1 is 0.862 bits per heavy atom. The van der Waals surface area contributed by atoms with E-state index < -0.39 is 15.7 Å². The number of para-hydroxylation sites is 2. The maximum atomic E-state index is 13.4. The number of nitrogens with zero attached hydrogens (tertiary/aromatic N) is 2. The molecule has 1 saturated carbocycles. The molecule has 1 aliphatic rings. The van der Waals surface area contributed by atoms with Crippen LogP contribution in [0.25, 0.3) is 21.8 Å². The number of aromatic nitrogens is 2. The highest BCUT2D eigenvalue weighted by Crippen LogP contribution is 2.29. The van der Waals surface area contributed by atoms with Crippen LogP contribution in [0.15, 0.2) is 76.4 Å². The highest BCUT2D eigenvalue weighted by Gasteiger charge is 2.32. The second kappa shape index (κ2) is 6.42. The van der Waals surface area contributed by atoms with Crippen molar-refractivity contribution in [1.82, 2.24) is 8.54 Å². The molecule has 0 unspecified atom stereocenters. The van der Waals surface area contributed by atoms with Gasteiger partial charge in [-0.25, -0.2) is 17.8 Å². The van der Waals surface area contributed by atoms with Gasteiger partial charge in [-0.05, 0) is 47.9 Å². The van der Waals surface area contributed by atoms with Crippen molar-refractivity contribution in [2.45, 2.75) is 24.2 Å². The number of hydrogen-bond acceptors (Lipinski definition) is 4. The van der Waals surface area contributed by atoms with E-state index in [1.54, 1.807) is 36.4 Å². The van der Waals surface area contributed by atoms with Crippen molar-refractivity contribution in [3.63, 3.8) is 0 Å². The minimum atomic E-state index is -4.18. The van der Waals surface area contributed by atoms with Crippen LogP contribution < -0.4 is 5.69 Å². The summed E-state index contributed by atoms with van der Waals surface area (Å²) in [5, 5.41) is 1.66. The van der Waals surface area contributed by atoms with E-state index in [-0.39, 0.29) is 22.2 Å². The molecule has 0 N–H and O–H groups in total. The zero-order valence-corrected chi connectivity index (χ0v) is 16.3. The Morgan fingerprint density at radius 3 is 2.21 bits per heavy atom. The fourth-order valence-electron chi connectivity index (χ4n) is 3.84. The molecule has 0 saturated heterocycles. The summed E-state index contributed by atoms with van der Waals surface area (Å²) in [7, 11) is -4.18. The van der Waals surface area contributed by atoms with Gasteiger partial charge >= 0.3 is 5.69 Å². The van der Waals surface area contributed by atoms with Crippen LogP contribution >= 0.6 is 0 Å². The van der Waals surface area contributed by atoms with Gasteiger partial charge in [-0.2, -0.15) is 3.97 Å². The molecule has 0 amide bonds. The van der Waals surface area contributed by atoms with E-state index in [0.717, 1.165) is 38.6 Å². The molecule has 7 heteroatoms. The van der Waals surface area contributed by atoms with Crippen LogP contribution in [0.5, 0.6) is 0 Å². The van der Waals surface area contributed by atoms with Crippen molar-refractivity contribution in [2.24, 2.45) is 5.92 Å². The predicted octanol–water partition coefficient (Wildman–Crippen LogP) is 3.63. The maximum Gasteiger partial charge on any atom is 0.350 e. The van der Waals surface area contributed by atoms with E-state index in [1.165, 1.54) is 6.07 Å². The third-order valence-electron chi connectivity index (χ3n) is 5.64. The lowest BCUT2D eigenvalue weighted by atomic mass is 9.85. The van der Waals surface area contributed by atoms with E-state index in [0.29, 0.717) is 5.52 Å². The molecule has 5 rings (SSSR count). The topological polar surface area (TPSA) is 78.1 Å². The molecule has 0 radical (unpaired) electrons. The first-order chi connectivity index (χ1) is 14.0. The van der Waals surface area contributed by atoms with Gasteiger partial charge in [0.05, 0.1) is 15.9 Å². The second-order valence-electron chi connectivity index (χ2n) is 7.35. The molecule has 0 spiro atoms. The van der Waals surface area contributed by atoms with Crippen molar-refractivity contribution < 1.29 is 13.2 Å². The molecule has 0 bridgehead atoms. The van der Waals surface area contributed by atoms with Gasteiger partial charge in [-0.15, -0.1) is 0 Å². The van der Waals surface area contributed by atoms with Crippen LogP contribution in [0.4, 0.5) is 0 Å². The predicted molar refractivity (Wildman–Crippen MR) is 111 cm³/mol. The Labute approximate surface area is 167 Å². The van der Waals surface area contributed by atoms with Crippen molar-refractivity contribution in [3.05, 3.63) is 77.2 Å². The molecular formula is C22H18N2O4S. The zero-order valence-electron chi connectivity index (χ0n) is 15.5. The standard InChI is InChI=1S/C22H18N2O4S/c25-21(16-8-5-9-16)23-19-10-3-4-11-20(19)24(22(23)26)29(27,28)18-13-12-15-6-1-2-7-17(15)14-18/h1-4,6-7,10-14,16H,5,8-9H2. The normalized spacial score (nSPS) is 14.9. The van der Waals surface area contributed by atoms with Crippen molar-refractivity contribution in [2.75, 3.05) is 0 Å². The number of carbonyl (C=O) groups is 1. The lowest BCUT2D eigenvalue weighted by molar-refractivity contribution is 0.0765. The molecule has 146 valence electrons. The first kappa shape index (κ1) is 17.9. The van der Waals surface area contributed by atoms with Crippen LogP contribution in [0.2, 0.25) is 0 Å². The fraction of sp³-hybridized carbons (Fsp3) is 0.182. The van der Waals surface area contributed by atoms with E-state index in [9.17, 15) is 18.0 Å². The summed E-state index contributed by atoms with van der Waals surface area (Å²) in [5.41, 5.74) is -0.312. The average Bonchev–Trinajstić information content (AvgIpc) is 2.98. The van der Waals surface area contributed by atoms with Crippen LogP contribution in [0.3, 0.4) is 0 Å². The summed E-state index contributed by atoms with van der Waals surface area (Å²) < 4.78 is 28.7. The van der Waals surface area contributed by atoms with Gasteiger partial charge in [0.15, 0.2) is 0 Å². The van der Waals surface area contributed by atoms with E-state index in [2.05, 4.69) is 0 Å². The number of fused-ring (bicyclic) bond motifs is 2. The minimum absolute atomic E-state index is 0.0114. The Bertz CT molecular complexity index is 1440. The van der Waals surface area contributed by atoms with Crippen LogP contribution in [-0.4, -0.2) is 22.9 Å². The van der Waals surface area contributed by atoms with Crippen LogP contribution in [-0.2, 0) is 10.0 Å². The highest BCUT2D eigenvalue weighted by molar-refractivity contribution is 7.90. The summed E-state index contributed by atoms with van der Waals surface area (Å²) in [6.07, 6.45) is 2.39. The summed E-state index contributed by atoms with van der Waals surface area (Å²) in [4.78, 5) is 26.1. The largest absolute Gasteiger partial charge is 0.350 e. The maximum absolute atomic E-state index is 13.4. The summed E-state index contributed by atoms with van der Waals surface area (Å²) >= 11 is 0. The molecule has 1 heterocycles. The van der Waals surface area contributed by atoms with Gasteiger partial charge in [-0.1, -0.05) is 48.9 Å². The van der Waals surface area contributed by atoms with E-state index in [4.69, 9.17) is 0 Å². The first-order valence-corrected chi connectivity index (χ1v) is 10.9. The molecule has 3 aromatic carbocycles. The van der Waals surface area contributed by atoms with Crippen LogP contribution in [0.1, 0.15) is 24.1 Å². The van der Waals surface area contributed by atoms with Crippen molar-refractivity contribution >= 4 is 37.7 Å². The monoisotopic (exact) mass is 406 g/mol. The quantitative estimate of drug-likeness (QED) is 0.520. The molecule has 4 aromatic rings. The minimum Gasteiger partial charge on any atom is -0.274 e. The smallest absolute Gasteiger partial charge is 0.274 e. The summed E-state index contributed by atoms with van der Waals surface area (Å²) in [6, 6.07) is 18.7. The fourth-order valence-corrected chi connectivity index (χ4v) is 5.27. The number of benzene rings is 3.